The third-order valence-electron chi connectivity index (χ3n) is 7.96. The summed E-state index contributed by atoms with van der Waals surface area (Å²) in [7, 11) is 0. The first-order chi connectivity index (χ1) is 18.4. The molecular weight excluding hydrogens is 623 g/mol. The summed E-state index contributed by atoms with van der Waals surface area (Å²) in [5, 5.41) is 3.01. The number of anilines is 2. The fourth-order valence-electron chi connectivity index (χ4n) is 5.98. The standard InChI is InChI=1S/C26H22Cl4F5N3O2/c1-23(2,26(33,34)35)10-37(15-4-12(27)3-13(28)5-15)21(39)16-8-25(38-11-24(31,32)9-19(16)38)17-6-14(29)7-18(30)20(17)36-22(25)40/h3-7,16,19H,8-11H2,1-2H3,(H,36,40). The molecule has 3 unspecified atom stereocenters. The Morgan fingerprint density at radius 1 is 1.02 bits per heavy atom. The van der Waals surface area contributed by atoms with E-state index in [4.69, 9.17) is 46.4 Å². The Labute approximate surface area is 246 Å². The number of hydrogen-bond acceptors (Lipinski definition) is 3. The summed E-state index contributed by atoms with van der Waals surface area (Å²) in [6.07, 6.45) is -5.76. The van der Waals surface area contributed by atoms with Crippen LogP contribution < -0.4 is 10.2 Å². The second-order valence-electron chi connectivity index (χ2n) is 11.1. The highest BCUT2D eigenvalue weighted by Gasteiger charge is 2.68. The summed E-state index contributed by atoms with van der Waals surface area (Å²) in [6.45, 7) is 0.168. The summed E-state index contributed by atoms with van der Waals surface area (Å²) < 4.78 is 71.8. The van der Waals surface area contributed by atoms with Gasteiger partial charge in [-0.1, -0.05) is 46.4 Å². The lowest BCUT2D eigenvalue weighted by molar-refractivity contribution is -0.207. The molecule has 2 fully saturated rings. The number of amides is 2. The van der Waals surface area contributed by atoms with Crippen molar-refractivity contribution in [2.45, 2.75) is 50.4 Å². The minimum atomic E-state index is -4.71. The molecule has 0 aliphatic carbocycles. The van der Waals surface area contributed by atoms with Gasteiger partial charge in [0, 0.05) is 45.3 Å². The van der Waals surface area contributed by atoms with Crippen molar-refractivity contribution in [3.05, 3.63) is 56.0 Å². The van der Waals surface area contributed by atoms with Crippen LogP contribution in [0.25, 0.3) is 0 Å². The van der Waals surface area contributed by atoms with Crippen LogP contribution in [-0.2, 0) is 15.1 Å². The molecule has 0 saturated carbocycles. The lowest BCUT2D eigenvalue weighted by atomic mass is 9.83. The molecule has 2 aromatic rings. The molecule has 0 bridgehead atoms. The lowest BCUT2D eigenvalue weighted by Crippen LogP contribution is -2.49. The summed E-state index contributed by atoms with van der Waals surface area (Å²) in [6, 6.07) is 5.56. The smallest absolute Gasteiger partial charge is 0.323 e. The van der Waals surface area contributed by atoms with Crippen molar-refractivity contribution >= 4 is 69.6 Å². The van der Waals surface area contributed by atoms with Gasteiger partial charge in [0.25, 0.3) is 5.92 Å². The number of nitrogens with zero attached hydrogens (tertiary/aromatic N) is 2. The van der Waals surface area contributed by atoms with Crippen LogP contribution >= 0.6 is 46.4 Å². The van der Waals surface area contributed by atoms with Gasteiger partial charge in [0.2, 0.25) is 11.8 Å². The van der Waals surface area contributed by atoms with Crippen LogP contribution in [0.3, 0.4) is 0 Å². The van der Waals surface area contributed by atoms with E-state index >= 15 is 0 Å². The van der Waals surface area contributed by atoms with Gasteiger partial charge in [-0.15, -0.1) is 0 Å². The number of carbonyl (C=O) groups excluding carboxylic acids is 2. The zero-order chi connectivity index (χ0) is 29.6. The summed E-state index contributed by atoms with van der Waals surface area (Å²) >= 11 is 24.8. The van der Waals surface area contributed by atoms with E-state index in [1.807, 2.05) is 0 Å². The highest BCUT2D eigenvalue weighted by Crippen LogP contribution is 2.58. The topological polar surface area (TPSA) is 52.7 Å². The maximum atomic E-state index is 14.9. The maximum absolute atomic E-state index is 14.9. The molecule has 40 heavy (non-hydrogen) atoms. The number of benzene rings is 2. The van der Waals surface area contributed by atoms with Crippen LogP contribution in [0, 0.1) is 11.3 Å². The molecule has 0 aromatic heterocycles. The Bertz CT molecular complexity index is 1400. The highest BCUT2D eigenvalue weighted by molar-refractivity contribution is 6.38. The van der Waals surface area contributed by atoms with Gasteiger partial charge in [-0.3, -0.25) is 14.5 Å². The first kappa shape index (κ1) is 29.6. The predicted molar refractivity (Wildman–Crippen MR) is 144 cm³/mol. The molecule has 5 nitrogen and oxygen atoms in total. The second kappa shape index (κ2) is 9.59. The van der Waals surface area contributed by atoms with Crippen LogP contribution in [0.1, 0.15) is 32.3 Å². The van der Waals surface area contributed by atoms with Crippen molar-refractivity contribution in [3.8, 4) is 0 Å². The normalized spacial score (nSPS) is 25.7. The van der Waals surface area contributed by atoms with E-state index in [0.29, 0.717) is 0 Å². The summed E-state index contributed by atoms with van der Waals surface area (Å²) in [5.41, 5.74) is -3.73. The fourth-order valence-corrected chi connectivity index (χ4v) is 7.03. The number of fused-ring (bicyclic) bond motifs is 4. The Morgan fingerprint density at radius 3 is 2.23 bits per heavy atom. The van der Waals surface area contributed by atoms with E-state index in [1.165, 1.54) is 35.2 Å². The molecule has 3 aliphatic rings. The van der Waals surface area contributed by atoms with Crippen molar-refractivity contribution < 1.29 is 31.5 Å². The predicted octanol–water partition coefficient (Wildman–Crippen LogP) is 7.80. The van der Waals surface area contributed by atoms with Gasteiger partial charge in [-0.25, -0.2) is 8.78 Å². The van der Waals surface area contributed by atoms with E-state index in [9.17, 15) is 31.5 Å². The minimum Gasteiger partial charge on any atom is -0.323 e. The molecule has 2 aromatic carbocycles. The van der Waals surface area contributed by atoms with E-state index in [2.05, 4.69) is 5.32 Å². The van der Waals surface area contributed by atoms with Crippen molar-refractivity contribution in [2.75, 3.05) is 23.3 Å². The van der Waals surface area contributed by atoms with Gasteiger partial charge in [0.05, 0.1) is 28.6 Å². The van der Waals surface area contributed by atoms with Gasteiger partial charge in [0.15, 0.2) is 0 Å². The largest absolute Gasteiger partial charge is 0.395 e. The number of rotatable bonds is 4. The molecule has 1 spiro atoms. The average Bonchev–Trinajstić information content (AvgIpc) is 3.38. The number of halogens is 9. The molecule has 3 atom stereocenters. The lowest BCUT2D eigenvalue weighted by Gasteiger charge is -2.36. The van der Waals surface area contributed by atoms with Gasteiger partial charge in [-0.05, 0) is 50.6 Å². The number of alkyl halides is 5. The SMILES string of the molecule is CC(C)(CN(C(=O)C1CC2(C(=O)Nc3c(Cl)cc(Cl)cc32)N2CC(F)(F)CC12)c1cc(Cl)cc(Cl)c1)C(F)(F)F. The van der Waals surface area contributed by atoms with Crippen LogP contribution in [0.15, 0.2) is 30.3 Å². The Hall–Kier alpha value is -1.85. The molecule has 2 amide bonds. The molecule has 216 valence electrons. The first-order valence-corrected chi connectivity index (χ1v) is 13.7. The molecule has 3 heterocycles. The van der Waals surface area contributed by atoms with E-state index < -0.39 is 66.3 Å². The monoisotopic (exact) mass is 643 g/mol. The molecule has 3 aliphatic heterocycles. The maximum Gasteiger partial charge on any atom is 0.395 e. The number of nitrogens with one attached hydrogen (secondary N) is 1. The summed E-state index contributed by atoms with van der Waals surface area (Å²) in [5.74, 6) is -6.09. The zero-order valence-electron chi connectivity index (χ0n) is 21.0. The van der Waals surface area contributed by atoms with Gasteiger partial charge < -0.3 is 10.2 Å². The van der Waals surface area contributed by atoms with Gasteiger partial charge in [0.1, 0.15) is 5.54 Å². The van der Waals surface area contributed by atoms with Crippen LogP contribution in [0.4, 0.5) is 33.3 Å². The Balaban J connectivity index is 1.64. The quantitative estimate of drug-likeness (QED) is 0.346. The van der Waals surface area contributed by atoms with E-state index in [1.54, 1.807) is 0 Å². The molecule has 0 radical (unpaired) electrons. The zero-order valence-corrected chi connectivity index (χ0v) is 24.0. The molecular formula is C26H22Cl4F5N3O2. The molecule has 14 heteroatoms. The Morgan fingerprint density at radius 2 is 1.62 bits per heavy atom. The van der Waals surface area contributed by atoms with Crippen molar-refractivity contribution in [3.63, 3.8) is 0 Å². The third kappa shape index (κ3) is 4.73. The van der Waals surface area contributed by atoms with Crippen molar-refractivity contribution in [1.82, 2.24) is 4.90 Å². The Kier molecular flexibility index (Phi) is 7.11. The summed E-state index contributed by atoms with van der Waals surface area (Å²) in [4.78, 5) is 29.9. The van der Waals surface area contributed by atoms with Crippen LogP contribution in [-0.4, -0.2) is 47.9 Å². The second-order valence-corrected chi connectivity index (χ2v) is 12.8. The third-order valence-corrected chi connectivity index (χ3v) is 8.91. The van der Waals surface area contributed by atoms with E-state index in [-0.39, 0.29) is 43.4 Å². The number of carbonyl (C=O) groups is 2. The molecule has 2 saturated heterocycles. The minimum absolute atomic E-state index is 0.0283. The van der Waals surface area contributed by atoms with Crippen molar-refractivity contribution in [1.29, 1.82) is 0 Å². The number of hydrogen-bond donors (Lipinski definition) is 1. The fraction of sp³-hybridized carbons (Fsp3) is 0.462. The van der Waals surface area contributed by atoms with Gasteiger partial charge >= 0.3 is 6.18 Å². The van der Waals surface area contributed by atoms with Crippen molar-refractivity contribution in [2.24, 2.45) is 11.3 Å². The first-order valence-electron chi connectivity index (χ1n) is 12.2. The average molecular weight is 645 g/mol. The highest BCUT2D eigenvalue weighted by atomic mass is 35.5. The van der Waals surface area contributed by atoms with Gasteiger partial charge in [-0.2, -0.15) is 13.2 Å². The van der Waals surface area contributed by atoms with Crippen LogP contribution in [0.5, 0.6) is 0 Å². The molecule has 1 N–H and O–H groups in total. The van der Waals surface area contributed by atoms with E-state index in [0.717, 1.165) is 18.7 Å². The van der Waals surface area contributed by atoms with Crippen LogP contribution in [0.2, 0.25) is 20.1 Å². The molecule has 5 rings (SSSR count).